The molecule has 3 rings (SSSR count). The van der Waals surface area contributed by atoms with E-state index in [-0.39, 0.29) is 0 Å². The lowest BCUT2D eigenvalue weighted by molar-refractivity contribution is 0.415. The van der Waals surface area contributed by atoms with Crippen molar-refractivity contribution < 1.29 is 4.74 Å². The van der Waals surface area contributed by atoms with Crippen molar-refractivity contribution >= 4 is 23.4 Å². The third kappa shape index (κ3) is 3.71. The highest BCUT2D eigenvalue weighted by atomic mass is 35.5. The fraction of sp³-hybridized carbons (Fsp3) is 0.167. The second-order valence-electron chi connectivity index (χ2n) is 5.13. The number of nitrogens with zero attached hydrogens (tertiary/aromatic N) is 2. The van der Waals surface area contributed by atoms with Gasteiger partial charge in [0.05, 0.1) is 19.0 Å². The van der Waals surface area contributed by atoms with Gasteiger partial charge in [-0.15, -0.1) is 0 Å². The van der Waals surface area contributed by atoms with E-state index in [1.54, 1.807) is 18.9 Å². The molecular formula is C18H17ClN2OS. The van der Waals surface area contributed by atoms with Crippen molar-refractivity contribution in [1.29, 1.82) is 0 Å². The molecule has 0 aliphatic heterocycles. The minimum Gasteiger partial charge on any atom is -0.497 e. The maximum Gasteiger partial charge on any atom is 0.168 e. The number of thioether (sulfide) groups is 1. The second-order valence-corrected chi connectivity index (χ2v) is 6.51. The Balaban J connectivity index is 1.74. The van der Waals surface area contributed by atoms with Crippen LogP contribution in [0.4, 0.5) is 0 Å². The predicted molar refractivity (Wildman–Crippen MR) is 96.2 cm³/mol. The van der Waals surface area contributed by atoms with Crippen LogP contribution >= 0.6 is 23.4 Å². The molecule has 0 aliphatic rings. The topological polar surface area (TPSA) is 27.1 Å². The summed E-state index contributed by atoms with van der Waals surface area (Å²) in [4.78, 5) is 4.54. The van der Waals surface area contributed by atoms with Crippen molar-refractivity contribution in [3.05, 3.63) is 65.3 Å². The molecular weight excluding hydrogens is 328 g/mol. The Morgan fingerprint density at radius 2 is 1.78 bits per heavy atom. The van der Waals surface area contributed by atoms with Gasteiger partial charge >= 0.3 is 0 Å². The van der Waals surface area contributed by atoms with Crippen LogP contribution in [0.15, 0.2) is 59.9 Å². The molecule has 2 aromatic carbocycles. The third-order valence-electron chi connectivity index (χ3n) is 3.61. The Morgan fingerprint density at radius 1 is 1.09 bits per heavy atom. The monoisotopic (exact) mass is 344 g/mol. The first-order valence-electron chi connectivity index (χ1n) is 7.21. The predicted octanol–water partition coefficient (Wildman–Crippen LogP) is 5.04. The largest absolute Gasteiger partial charge is 0.497 e. The van der Waals surface area contributed by atoms with Crippen LogP contribution in [-0.2, 0) is 12.8 Å². The van der Waals surface area contributed by atoms with E-state index in [1.165, 1.54) is 5.56 Å². The van der Waals surface area contributed by atoms with Crippen LogP contribution in [0.2, 0.25) is 5.02 Å². The normalized spacial score (nSPS) is 10.7. The van der Waals surface area contributed by atoms with E-state index in [0.29, 0.717) is 0 Å². The average molecular weight is 345 g/mol. The Hall–Kier alpha value is -1.91. The summed E-state index contributed by atoms with van der Waals surface area (Å²) >= 11 is 7.63. The highest BCUT2D eigenvalue weighted by Gasteiger charge is 2.09. The maximum absolute atomic E-state index is 5.91. The molecule has 0 N–H and O–H groups in total. The number of benzene rings is 2. The zero-order valence-corrected chi connectivity index (χ0v) is 14.6. The number of hydrogen-bond acceptors (Lipinski definition) is 3. The minimum absolute atomic E-state index is 0.762. The number of halogens is 1. The first kappa shape index (κ1) is 16.0. The van der Waals surface area contributed by atoms with Crippen LogP contribution in [0.5, 0.6) is 5.75 Å². The smallest absolute Gasteiger partial charge is 0.168 e. The Morgan fingerprint density at radius 3 is 2.43 bits per heavy atom. The molecule has 118 valence electrons. The van der Waals surface area contributed by atoms with E-state index in [4.69, 9.17) is 16.3 Å². The zero-order chi connectivity index (χ0) is 16.2. The van der Waals surface area contributed by atoms with Crippen molar-refractivity contribution in [3.63, 3.8) is 0 Å². The highest BCUT2D eigenvalue weighted by molar-refractivity contribution is 7.98. The maximum atomic E-state index is 5.91. The lowest BCUT2D eigenvalue weighted by atomic mass is 10.1. The van der Waals surface area contributed by atoms with Crippen LogP contribution in [0.3, 0.4) is 0 Å². The number of methoxy groups -OCH3 is 1. The summed E-state index contributed by atoms with van der Waals surface area (Å²) in [6, 6.07) is 15.9. The quantitative estimate of drug-likeness (QED) is 0.606. The molecule has 0 unspecified atom stereocenters. The van der Waals surface area contributed by atoms with E-state index in [9.17, 15) is 0 Å². The summed E-state index contributed by atoms with van der Waals surface area (Å²) < 4.78 is 7.31. The van der Waals surface area contributed by atoms with Gasteiger partial charge in [-0.25, -0.2) is 4.98 Å². The number of ether oxygens (including phenoxy) is 1. The van der Waals surface area contributed by atoms with Gasteiger partial charge < -0.3 is 9.30 Å². The van der Waals surface area contributed by atoms with Crippen molar-refractivity contribution in [1.82, 2.24) is 9.55 Å². The SMILES string of the molecule is COc1ccc(-c2cnc(SCc3ccc(Cl)cc3)n2C)cc1. The summed E-state index contributed by atoms with van der Waals surface area (Å²) in [5, 5.41) is 1.75. The first-order chi connectivity index (χ1) is 11.2. The Bertz CT molecular complexity index is 782. The summed E-state index contributed by atoms with van der Waals surface area (Å²) in [6.07, 6.45) is 1.91. The minimum atomic E-state index is 0.762. The van der Waals surface area contributed by atoms with Gasteiger partial charge in [0.25, 0.3) is 0 Å². The second kappa shape index (κ2) is 7.11. The summed E-state index contributed by atoms with van der Waals surface area (Å²) in [6.45, 7) is 0. The van der Waals surface area contributed by atoms with E-state index in [1.807, 2.05) is 61.8 Å². The highest BCUT2D eigenvalue weighted by Crippen LogP contribution is 2.28. The molecule has 1 heterocycles. The van der Waals surface area contributed by atoms with Gasteiger partial charge in [0.2, 0.25) is 0 Å². The standard InChI is InChI=1S/C18H17ClN2OS/c1-21-17(14-5-9-16(22-2)10-6-14)11-20-18(21)23-12-13-3-7-15(19)8-4-13/h3-11H,12H2,1-2H3. The molecule has 0 radical (unpaired) electrons. The van der Waals surface area contributed by atoms with E-state index < -0.39 is 0 Å². The molecule has 3 aromatic rings. The van der Waals surface area contributed by atoms with Crippen LogP contribution in [0.1, 0.15) is 5.56 Å². The number of hydrogen-bond donors (Lipinski definition) is 0. The van der Waals surface area contributed by atoms with Crippen LogP contribution in [0.25, 0.3) is 11.3 Å². The van der Waals surface area contributed by atoms with Crippen molar-refractivity contribution in [2.45, 2.75) is 10.9 Å². The van der Waals surface area contributed by atoms with Gasteiger partial charge in [0, 0.05) is 23.4 Å². The molecule has 0 aliphatic carbocycles. The number of imidazole rings is 1. The molecule has 0 bridgehead atoms. The molecule has 5 heteroatoms. The number of rotatable bonds is 5. The van der Waals surface area contributed by atoms with Crippen LogP contribution < -0.4 is 4.74 Å². The molecule has 3 nitrogen and oxygen atoms in total. The fourth-order valence-electron chi connectivity index (χ4n) is 2.29. The lowest BCUT2D eigenvalue weighted by Gasteiger charge is -2.07. The van der Waals surface area contributed by atoms with Crippen LogP contribution in [0, 0.1) is 0 Å². The Labute approximate surface area is 145 Å². The fourth-order valence-corrected chi connectivity index (χ4v) is 3.32. The van der Waals surface area contributed by atoms with Gasteiger partial charge in [-0.2, -0.15) is 0 Å². The zero-order valence-electron chi connectivity index (χ0n) is 13.0. The van der Waals surface area contributed by atoms with Gasteiger partial charge in [-0.1, -0.05) is 35.5 Å². The molecule has 23 heavy (non-hydrogen) atoms. The van der Waals surface area contributed by atoms with Crippen molar-refractivity contribution in [2.75, 3.05) is 7.11 Å². The van der Waals surface area contributed by atoms with Gasteiger partial charge in [-0.3, -0.25) is 0 Å². The van der Waals surface area contributed by atoms with Crippen molar-refractivity contribution in [3.8, 4) is 17.0 Å². The average Bonchev–Trinajstić information content (AvgIpc) is 2.95. The molecule has 0 atom stereocenters. The van der Waals surface area contributed by atoms with Crippen LogP contribution in [-0.4, -0.2) is 16.7 Å². The van der Waals surface area contributed by atoms with Gasteiger partial charge in [0.1, 0.15) is 5.75 Å². The summed E-state index contributed by atoms with van der Waals surface area (Å²) in [5.41, 5.74) is 3.44. The Kier molecular flexibility index (Phi) is 4.94. The van der Waals surface area contributed by atoms with Crippen molar-refractivity contribution in [2.24, 2.45) is 7.05 Å². The molecule has 0 fully saturated rings. The molecule has 1 aromatic heterocycles. The summed E-state index contributed by atoms with van der Waals surface area (Å²) in [7, 11) is 3.71. The van der Waals surface area contributed by atoms with E-state index in [0.717, 1.165) is 32.9 Å². The lowest BCUT2D eigenvalue weighted by Crippen LogP contribution is -1.94. The van der Waals surface area contributed by atoms with Gasteiger partial charge in [0.15, 0.2) is 5.16 Å². The molecule has 0 saturated carbocycles. The summed E-state index contributed by atoms with van der Waals surface area (Å²) in [5.74, 6) is 1.72. The first-order valence-corrected chi connectivity index (χ1v) is 8.57. The molecule has 0 spiro atoms. The van der Waals surface area contributed by atoms with E-state index in [2.05, 4.69) is 9.55 Å². The van der Waals surface area contributed by atoms with Gasteiger partial charge in [-0.05, 0) is 42.0 Å². The number of aromatic nitrogens is 2. The van der Waals surface area contributed by atoms with E-state index >= 15 is 0 Å². The molecule has 0 saturated heterocycles. The third-order valence-corrected chi connectivity index (χ3v) is 4.98. The molecule has 0 amide bonds.